The van der Waals surface area contributed by atoms with E-state index in [1.165, 1.54) is 4.90 Å². The van der Waals surface area contributed by atoms with E-state index >= 15 is 0 Å². The Morgan fingerprint density at radius 3 is 2.55 bits per heavy atom. The van der Waals surface area contributed by atoms with E-state index in [4.69, 9.17) is 0 Å². The molecule has 1 aromatic rings. The highest BCUT2D eigenvalue weighted by molar-refractivity contribution is 9.09. The zero-order valence-electron chi connectivity index (χ0n) is 17.8. The summed E-state index contributed by atoms with van der Waals surface area (Å²) in [6.45, 7) is 5.53. The third-order valence-electron chi connectivity index (χ3n) is 6.22. The van der Waals surface area contributed by atoms with E-state index < -0.39 is 28.2 Å². The average molecular weight is 510 g/mol. The molecule has 3 heterocycles. The highest BCUT2D eigenvalue weighted by Gasteiger charge is 2.75. The van der Waals surface area contributed by atoms with Gasteiger partial charge in [-0.3, -0.25) is 14.4 Å². The number of alkyl halides is 1. The molecule has 0 aliphatic carbocycles. The zero-order valence-corrected chi connectivity index (χ0v) is 20.2. The number of carbonyl (C=O) groups excluding carboxylic acids is 3. The Hall–Kier alpha value is -1.58. The molecular formula is C22H28BrN3O4S. The van der Waals surface area contributed by atoms with Crippen LogP contribution in [0.3, 0.4) is 0 Å². The molecule has 0 radical (unpaired) electrons. The fourth-order valence-corrected chi connectivity index (χ4v) is 8.88. The van der Waals surface area contributed by atoms with Gasteiger partial charge in [0.1, 0.15) is 6.04 Å². The number of thioether (sulfide) groups is 1. The summed E-state index contributed by atoms with van der Waals surface area (Å²) in [5.41, 5.74) is 0.221. The molecule has 3 unspecified atom stereocenters. The number of benzene rings is 1. The number of fused-ring (bicyclic) bond motifs is 1. The molecule has 1 spiro atoms. The monoisotopic (exact) mass is 509 g/mol. The molecular weight excluding hydrogens is 482 g/mol. The van der Waals surface area contributed by atoms with Crippen molar-refractivity contribution < 1.29 is 19.5 Å². The number of rotatable bonds is 5. The van der Waals surface area contributed by atoms with Gasteiger partial charge in [-0.05, 0) is 39.3 Å². The Balaban J connectivity index is 1.70. The summed E-state index contributed by atoms with van der Waals surface area (Å²) >= 11 is 5.31. The number of halogens is 1. The highest BCUT2D eigenvalue weighted by Crippen LogP contribution is 2.67. The van der Waals surface area contributed by atoms with Crippen molar-refractivity contribution in [2.24, 2.45) is 11.8 Å². The summed E-state index contributed by atoms with van der Waals surface area (Å²) in [6.07, 6.45) is 0.623. The van der Waals surface area contributed by atoms with Crippen LogP contribution >= 0.6 is 27.7 Å². The maximum atomic E-state index is 13.5. The van der Waals surface area contributed by atoms with Crippen LogP contribution in [0.4, 0.5) is 5.69 Å². The standard InChI is InChI=1S/C22H28BrN3O4S/c1-21(2,3)25-19(29)17-22-11-13(23)16(31-22)14(15(22)20(30)26(17)9-10-27)18(28)24-12-7-5-4-6-8-12/h4-8,13-17,27H,9-11H2,1-3H3,(H,24,28)(H,25,29)/t13?,14-,15+,16-,17?,22?/m1/s1. The van der Waals surface area contributed by atoms with Gasteiger partial charge in [0.15, 0.2) is 0 Å². The third-order valence-corrected chi connectivity index (χ3v) is 9.44. The Morgan fingerprint density at radius 2 is 1.94 bits per heavy atom. The SMILES string of the molecule is CC(C)(C)NC(=O)C1N(CCO)C(=O)[C@@H]2[C@@H](C(=O)Nc3ccccc3)[C@@H]3SC12CC3Br. The second-order valence-corrected chi connectivity index (χ2v) is 12.2. The first-order chi connectivity index (χ1) is 14.6. The van der Waals surface area contributed by atoms with Gasteiger partial charge in [0.25, 0.3) is 0 Å². The van der Waals surface area contributed by atoms with Crippen molar-refractivity contribution in [2.75, 3.05) is 18.5 Å². The fraction of sp³-hybridized carbons (Fsp3) is 0.591. The number of β-amino-alcohol motifs (C(OH)–C–C–N with tert-alkyl or cyclic N) is 1. The van der Waals surface area contributed by atoms with Crippen LogP contribution in [-0.4, -0.2) is 67.3 Å². The Morgan fingerprint density at radius 1 is 1.26 bits per heavy atom. The van der Waals surface area contributed by atoms with Gasteiger partial charge in [-0.2, -0.15) is 0 Å². The van der Waals surface area contributed by atoms with E-state index in [-0.39, 0.29) is 41.0 Å². The number of anilines is 1. The van der Waals surface area contributed by atoms with Gasteiger partial charge in [-0.1, -0.05) is 34.1 Å². The fourth-order valence-electron chi connectivity index (χ4n) is 5.26. The van der Waals surface area contributed by atoms with E-state index in [1.54, 1.807) is 11.8 Å². The lowest BCUT2D eigenvalue weighted by molar-refractivity contribution is -0.139. The molecule has 3 N–H and O–H groups in total. The molecule has 6 atom stereocenters. The zero-order chi connectivity index (χ0) is 22.6. The van der Waals surface area contributed by atoms with Crippen molar-refractivity contribution in [2.45, 2.75) is 53.6 Å². The molecule has 31 heavy (non-hydrogen) atoms. The second-order valence-electron chi connectivity index (χ2n) is 9.51. The molecule has 9 heteroatoms. The van der Waals surface area contributed by atoms with Crippen molar-refractivity contribution in [1.29, 1.82) is 0 Å². The van der Waals surface area contributed by atoms with Crippen molar-refractivity contribution >= 4 is 51.1 Å². The molecule has 3 fully saturated rings. The third kappa shape index (κ3) is 3.78. The van der Waals surface area contributed by atoms with Gasteiger partial charge in [0.2, 0.25) is 17.7 Å². The van der Waals surface area contributed by atoms with Crippen LogP contribution in [0.15, 0.2) is 30.3 Å². The number of amides is 3. The van der Waals surface area contributed by atoms with Crippen molar-refractivity contribution in [3.63, 3.8) is 0 Å². The highest BCUT2D eigenvalue weighted by atomic mass is 79.9. The number of aliphatic hydroxyl groups is 1. The van der Waals surface area contributed by atoms with Crippen molar-refractivity contribution in [1.82, 2.24) is 10.2 Å². The van der Waals surface area contributed by atoms with Crippen molar-refractivity contribution in [3.05, 3.63) is 30.3 Å². The molecule has 1 aromatic carbocycles. The maximum Gasteiger partial charge on any atom is 0.244 e. The topological polar surface area (TPSA) is 98.7 Å². The van der Waals surface area contributed by atoms with Crippen LogP contribution in [0.1, 0.15) is 27.2 Å². The largest absolute Gasteiger partial charge is 0.395 e. The molecule has 3 aliphatic heterocycles. The van der Waals surface area contributed by atoms with Gasteiger partial charge in [0, 0.05) is 27.8 Å². The quantitative estimate of drug-likeness (QED) is 0.527. The Labute approximate surface area is 194 Å². The molecule has 0 aromatic heterocycles. The Kier molecular flexibility index (Phi) is 5.89. The number of aliphatic hydroxyl groups excluding tert-OH is 1. The van der Waals surface area contributed by atoms with E-state index in [0.717, 1.165) is 0 Å². The summed E-state index contributed by atoms with van der Waals surface area (Å²) in [5.74, 6) is -1.79. The van der Waals surface area contributed by atoms with Crippen LogP contribution in [0.5, 0.6) is 0 Å². The molecule has 7 nitrogen and oxygen atoms in total. The molecule has 2 bridgehead atoms. The lowest BCUT2D eigenvalue weighted by Gasteiger charge is -2.36. The van der Waals surface area contributed by atoms with Gasteiger partial charge >= 0.3 is 0 Å². The number of nitrogens with zero attached hydrogens (tertiary/aromatic N) is 1. The molecule has 3 amide bonds. The van der Waals surface area contributed by atoms with Gasteiger partial charge < -0.3 is 20.6 Å². The summed E-state index contributed by atoms with van der Waals surface area (Å²) < 4.78 is -0.695. The minimum absolute atomic E-state index is 0.0205. The minimum atomic E-state index is -0.721. The molecule has 3 saturated heterocycles. The number of carbonyl (C=O) groups is 3. The Bertz CT molecular complexity index is 892. The van der Waals surface area contributed by atoms with E-state index in [0.29, 0.717) is 12.1 Å². The molecule has 3 aliphatic rings. The minimum Gasteiger partial charge on any atom is -0.395 e. The summed E-state index contributed by atoms with van der Waals surface area (Å²) in [5, 5.41) is 15.5. The second kappa shape index (κ2) is 8.08. The van der Waals surface area contributed by atoms with Crippen LogP contribution < -0.4 is 10.6 Å². The lowest BCUT2D eigenvalue weighted by Crippen LogP contribution is -2.57. The number of nitrogens with one attached hydrogen (secondary N) is 2. The summed E-state index contributed by atoms with van der Waals surface area (Å²) in [4.78, 5) is 41.8. The normalized spacial score (nSPS) is 34.0. The lowest BCUT2D eigenvalue weighted by atomic mass is 9.70. The van der Waals surface area contributed by atoms with Crippen molar-refractivity contribution in [3.8, 4) is 0 Å². The first-order valence-corrected chi connectivity index (χ1v) is 12.3. The van der Waals surface area contributed by atoms with Gasteiger partial charge in [0.05, 0.1) is 23.2 Å². The first kappa shape index (κ1) is 22.6. The number of hydrogen-bond donors (Lipinski definition) is 3. The summed E-state index contributed by atoms with van der Waals surface area (Å²) in [6, 6.07) is 8.47. The smallest absolute Gasteiger partial charge is 0.244 e. The number of para-hydroxylation sites is 1. The van der Waals surface area contributed by atoms with Crippen LogP contribution in [0.2, 0.25) is 0 Å². The molecule has 168 valence electrons. The van der Waals surface area contributed by atoms with Gasteiger partial charge in [-0.25, -0.2) is 0 Å². The summed E-state index contributed by atoms with van der Waals surface area (Å²) in [7, 11) is 0. The molecule has 4 rings (SSSR count). The number of likely N-dealkylation sites (tertiary alicyclic amines) is 1. The van der Waals surface area contributed by atoms with Crippen LogP contribution in [0.25, 0.3) is 0 Å². The number of hydrogen-bond acceptors (Lipinski definition) is 5. The van der Waals surface area contributed by atoms with E-state index in [2.05, 4.69) is 26.6 Å². The first-order valence-electron chi connectivity index (χ1n) is 10.5. The molecule has 0 saturated carbocycles. The van der Waals surface area contributed by atoms with E-state index in [9.17, 15) is 19.5 Å². The average Bonchev–Trinajstić information content (AvgIpc) is 3.25. The van der Waals surface area contributed by atoms with Crippen LogP contribution in [-0.2, 0) is 14.4 Å². The van der Waals surface area contributed by atoms with Crippen LogP contribution in [0, 0.1) is 11.8 Å². The predicted octanol–water partition coefficient (Wildman–Crippen LogP) is 2.00. The predicted molar refractivity (Wildman–Crippen MR) is 124 cm³/mol. The van der Waals surface area contributed by atoms with E-state index in [1.807, 2.05) is 51.1 Å². The maximum absolute atomic E-state index is 13.5. The van der Waals surface area contributed by atoms with Gasteiger partial charge in [-0.15, -0.1) is 11.8 Å².